The lowest BCUT2D eigenvalue weighted by molar-refractivity contribution is 0.660. The van der Waals surface area contributed by atoms with Crippen LogP contribution in [0.25, 0.3) is 42.4 Å². The number of hydrogen-bond acceptors (Lipinski definition) is 2. The maximum absolute atomic E-state index is 8.50. The molecule has 6 aromatic rings. The first kappa shape index (κ1) is 15.2. The summed E-state index contributed by atoms with van der Waals surface area (Å²) in [5.74, 6) is 0. The van der Waals surface area contributed by atoms with Crippen LogP contribution >= 0.6 is 11.3 Å². The molecule has 0 radical (unpaired) electrons. The van der Waals surface area contributed by atoms with Gasteiger partial charge in [0.25, 0.3) is 0 Å². The van der Waals surface area contributed by atoms with Gasteiger partial charge in [-0.15, -0.1) is 11.3 Å². The Hall–Kier alpha value is -3.88. The normalized spacial score (nSPS) is 16.9. The Morgan fingerprint density at radius 1 is 0.600 bits per heavy atom. The average Bonchev–Trinajstić information content (AvgIpc) is 3.46. The largest absolute Gasteiger partial charge is 0.356 e. The van der Waals surface area contributed by atoms with Crippen LogP contribution in [-0.4, -0.2) is 0 Å². The quantitative estimate of drug-likeness (QED) is 0.270. The minimum atomic E-state index is -2.78. The smallest absolute Gasteiger partial charge is 0.0391 e. The van der Waals surface area contributed by atoms with E-state index >= 15 is 0 Å². The third kappa shape index (κ3) is 3.21. The zero-order chi connectivity index (χ0) is 28.6. The molecule has 1 nitrogen and oxygen atoms in total. The summed E-state index contributed by atoms with van der Waals surface area (Å²) in [6.07, 6.45) is 0. The van der Waals surface area contributed by atoms with E-state index in [-0.39, 0.29) is 0 Å². The molecule has 0 fully saturated rings. The molecule has 0 saturated heterocycles. The van der Waals surface area contributed by atoms with Crippen LogP contribution in [0.15, 0.2) is 109 Å². The maximum atomic E-state index is 8.50. The molecule has 168 valence electrons. The topological polar surface area (TPSA) is 12.0 Å². The number of para-hydroxylation sites is 1. The Morgan fingerprint density at radius 3 is 2.26 bits per heavy atom. The molecule has 1 aromatic heterocycles. The number of rotatable bonds is 3. The molecule has 0 bridgehead atoms. The van der Waals surface area contributed by atoms with Gasteiger partial charge >= 0.3 is 0 Å². The van der Waals surface area contributed by atoms with Gasteiger partial charge in [-0.2, -0.15) is 0 Å². The second-order valence-electron chi connectivity index (χ2n) is 9.07. The fourth-order valence-electron chi connectivity index (χ4n) is 5.18. The Kier molecular flexibility index (Phi) is 3.28. The number of fused-ring (bicyclic) bond motifs is 6. The van der Waals surface area contributed by atoms with Crippen molar-refractivity contribution in [2.24, 2.45) is 0 Å². The van der Waals surface area contributed by atoms with Gasteiger partial charge in [-0.3, -0.25) is 0 Å². The van der Waals surface area contributed by atoms with Crippen molar-refractivity contribution >= 4 is 42.9 Å². The fraction of sp³-hybridized carbons (Fsp3) is 0.0909. The Bertz CT molecular complexity index is 1940. The lowest BCUT2D eigenvalue weighted by atomic mass is 9.81. The second-order valence-corrected chi connectivity index (χ2v) is 10.2. The molecule has 0 saturated carbocycles. The number of benzene rings is 5. The highest BCUT2D eigenvalue weighted by molar-refractivity contribution is 7.25. The van der Waals surface area contributed by atoms with Crippen molar-refractivity contribution in [3.05, 3.63) is 120 Å². The van der Waals surface area contributed by atoms with Crippen molar-refractivity contribution in [3.63, 3.8) is 0 Å². The number of hydrogen-bond donors (Lipinski definition) is 1. The SMILES string of the molecule is [2H]C([2H])([2H])C1(C([2H])([2H])[2H])c2ccccc2-c2ccc(-c3ccc4c(c3)sc3ccc(Nc5ccccc5)cc34)cc21. The van der Waals surface area contributed by atoms with E-state index < -0.39 is 19.1 Å². The van der Waals surface area contributed by atoms with Crippen molar-refractivity contribution in [1.29, 1.82) is 0 Å². The highest BCUT2D eigenvalue weighted by Gasteiger charge is 2.35. The monoisotopic (exact) mass is 473 g/mol. The van der Waals surface area contributed by atoms with Gasteiger partial charge in [-0.25, -0.2) is 0 Å². The zero-order valence-electron chi connectivity index (χ0n) is 24.8. The predicted molar refractivity (Wildman–Crippen MR) is 152 cm³/mol. The Morgan fingerprint density at radius 2 is 1.37 bits per heavy atom. The predicted octanol–water partition coefficient (Wildman–Crippen LogP) is 9.77. The summed E-state index contributed by atoms with van der Waals surface area (Å²) in [6.45, 7) is -5.56. The molecule has 1 heterocycles. The fourth-order valence-corrected chi connectivity index (χ4v) is 6.31. The lowest BCUT2D eigenvalue weighted by Crippen LogP contribution is -2.14. The van der Waals surface area contributed by atoms with Gasteiger partial charge in [0.05, 0.1) is 0 Å². The molecule has 0 atom stereocenters. The van der Waals surface area contributed by atoms with Gasteiger partial charge in [-0.1, -0.05) is 80.4 Å². The van der Waals surface area contributed by atoms with Crippen molar-refractivity contribution in [1.82, 2.24) is 0 Å². The van der Waals surface area contributed by atoms with Crippen LogP contribution in [0, 0.1) is 0 Å². The van der Waals surface area contributed by atoms with Crippen molar-refractivity contribution in [2.75, 3.05) is 5.32 Å². The summed E-state index contributed by atoms with van der Waals surface area (Å²) >= 11 is 1.70. The standard InChI is InChI=1S/C33H25NS/c1-33(2)29-11-7-6-10-25(29)26-15-12-21(18-30(26)33)22-13-16-27-28-20-24(34-23-8-4-3-5-9-23)14-17-31(28)35-32(27)19-22/h3-20,34H,1-2H3/i1D3,2D3. The van der Waals surface area contributed by atoms with Gasteiger partial charge in [0.15, 0.2) is 0 Å². The Labute approximate surface area is 218 Å². The minimum Gasteiger partial charge on any atom is -0.356 e. The van der Waals surface area contributed by atoms with Crippen LogP contribution < -0.4 is 5.32 Å². The molecular weight excluding hydrogens is 442 g/mol. The first-order valence-electron chi connectivity index (χ1n) is 14.6. The van der Waals surface area contributed by atoms with Gasteiger partial charge < -0.3 is 5.32 Å². The molecule has 35 heavy (non-hydrogen) atoms. The summed E-state index contributed by atoms with van der Waals surface area (Å²) in [7, 11) is 0. The number of nitrogens with one attached hydrogen (secondary N) is 1. The first-order valence-corrected chi connectivity index (χ1v) is 12.4. The number of thiophene rings is 1. The average molecular weight is 474 g/mol. The summed E-state index contributed by atoms with van der Waals surface area (Å²) < 4.78 is 53.3. The molecule has 5 aromatic carbocycles. The third-order valence-corrected chi connectivity index (χ3v) is 8.05. The van der Waals surface area contributed by atoms with E-state index in [0.717, 1.165) is 38.0 Å². The van der Waals surface area contributed by atoms with Crippen molar-refractivity contribution in [3.8, 4) is 22.3 Å². The van der Waals surface area contributed by atoms with Crippen LogP contribution in [0.3, 0.4) is 0 Å². The molecule has 0 spiro atoms. The van der Waals surface area contributed by atoms with Crippen LogP contribution in [0.2, 0.25) is 0 Å². The van der Waals surface area contributed by atoms with E-state index in [9.17, 15) is 0 Å². The van der Waals surface area contributed by atoms with E-state index in [0.29, 0.717) is 22.3 Å². The van der Waals surface area contributed by atoms with Crippen LogP contribution in [-0.2, 0) is 5.41 Å². The van der Waals surface area contributed by atoms with Crippen molar-refractivity contribution < 1.29 is 8.22 Å². The van der Waals surface area contributed by atoms with Crippen molar-refractivity contribution in [2.45, 2.75) is 19.1 Å². The summed E-state index contributed by atoms with van der Waals surface area (Å²) in [6, 6.07) is 35.3. The number of anilines is 2. The van der Waals surface area contributed by atoms with Gasteiger partial charge in [0, 0.05) is 45.2 Å². The summed E-state index contributed by atoms with van der Waals surface area (Å²) in [5.41, 5.74) is 3.64. The lowest BCUT2D eigenvalue weighted by Gasteiger charge is -2.22. The first-order chi connectivity index (χ1) is 19.6. The Balaban J connectivity index is 1.35. The molecule has 1 aliphatic carbocycles. The van der Waals surface area contributed by atoms with E-state index in [1.165, 1.54) is 4.70 Å². The molecule has 0 aliphatic heterocycles. The molecule has 0 amide bonds. The van der Waals surface area contributed by atoms with Gasteiger partial charge in [0.1, 0.15) is 0 Å². The van der Waals surface area contributed by atoms with Crippen LogP contribution in [0.5, 0.6) is 0 Å². The second kappa shape index (κ2) is 7.56. The summed E-state index contributed by atoms with van der Waals surface area (Å²) in [4.78, 5) is 0. The molecule has 0 unspecified atom stereocenters. The minimum absolute atomic E-state index is 0.337. The molecular formula is C33H25NS. The van der Waals surface area contributed by atoms with Crippen LogP contribution in [0.4, 0.5) is 11.4 Å². The van der Waals surface area contributed by atoms with E-state index in [2.05, 4.69) is 35.6 Å². The van der Waals surface area contributed by atoms with E-state index in [1.54, 1.807) is 29.5 Å². The highest BCUT2D eigenvalue weighted by Crippen LogP contribution is 2.49. The molecule has 2 heteroatoms. The van der Waals surface area contributed by atoms with Gasteiger partial charge in [0.2, 0.25) is 0 Å². The molecule has 1 N–H and O–H groups in total. The van der Waals surface area contributed by atoms with Gasteiger partial charge in [-0.05, 0) is 75.8 Å². The van der Waals surface area contributed by atoms with E-state index in [1.807, 2.05) is 60.7 Å². The maximum Gasteiger partial charge on any atom is 0.0391 e. The van der Waals surface area contributed by atoms with Crippen LogP contribution in [0.1, 0.15) is 33.1 Å². The summed E-state index contributed by atoms with van der Waals surface area (Å²) in [5, 5.41) is 5.76. The molecule has 7 rings (SSSR count). The van der Waals surface area contributed by atoms with E-state index in [4.69, 9.17) is 8.22 Å². The third-order valence-electron chi connectivity index (χ3n) is 6.91. The highest BCUT2D eigenvalue weighted by atomic mass is 32.1. The molecule has 1 aliphatic rings. The zero-order valence-corrected chi connectivity index (χ0v) is 19.6.